The van der Waals surface area contributed by atoms with Gasteiger partial charge in [0.05, 0.1) is 18.6 Å². The molecule has 1 saturated heterocycles. The van der Waals surface area contributed by atoms with Crippen molar-refractivity contribution < 1.29 is 13.9 Å². The number of methoxy groups -OCH3 is 1. The van der Waals surface area contributed by atoms with Crippen molar-refractivity contribution in [3.63, 3.8) is 0 Å². The van der Waals surface area contributed by atoms with E-state index < -0.39 is 5.56 Å². The van der Waals surface area contributed by atoms with Crippen LogP contribution in [0.25, 0.3) is 11.5 Å². The van der Waals surface area contributed by atoms with Gasteiger partial charge in [-0.25, -0.2) is 0 Å². The Balaban J connectivity index is 1.69. The van der Waals surface area contributed by atoms with E-state index in [0.717, 1.165) is 25.9 Å². The van der Waals surface area contributed by atoms with E-state index in [2.05, 4.69) is 15.6 Å². The lowest BCUT2D eigenvalue weighted by Gasteiger charge is -2.37. The maximum atomic E-state index is 12.4. The number of furan rings is 1. The number of rotatable bonds is 6. The van der Waals surface area contributed by atoms with Gasteiger partial charge in [-0.15, -0.1) is 0 Å². The fourth-order valence-corrected chi connectivity index (χ4v) is 3.23. The molecule has 0 saturated carbocycles. The van der Waals surface area contributed by atoms with Gasteiger partial charge in [0.25, 0.3) is 11.5 Å². The van der Waals surface area contributed by atoms with E-state index in [1.165, 1.54) is 12.3 Å². The molecule has 1 aliphatic rings. The predicted molar refractivity (Wildman–Crippen MR) is 93.5 cm³/mol. The van der Waals surface area contributed by atoms with Gasteiger partial charge in [-0.3, -0.25) is 9.59 Å². The highest BCUT2D eigenvalue weighted by molar-refractivity contribution is 5.94. The molecule has 0 aromatic carbocycles. The Kier molecular flexibility index (Phi) is 5.35. The van der Waals surface area contributed by atoms with Gasteiger partial charge in [0.1, 0.15) is 11.3 Å². The third kappa shape index (κ3) is 4.00. The number of aromatic nitrogens is 1. The molecule has 2 aromatic heterocycles. The Morgan fingerprint density at radius 3 is 2.76 bits per heavy atom. The molecule has 0 aliphatic carbocycles. The predicted octanol–water partition coefficient (Wildman–Crippen LogP) is 1.38. The van der Waals surface area contributed by atoms with Crippen LogP contribution in [0.15, 0.2) is 39.7 Å². The van der Waals surface area contributed by atoms with Gasteiger partial charge in [0.15, 0.2) is 0 Å². The minimum atomic E-state index is -0.433. The molecule has 134 valence electrons. The molecule has 1 aliphatic heterocycles. The van der Waals surface area contributed by atoms with E-state index in [9.17, 15) is 9.59 Å². The second-order valence-electron chi connectivity index (χ2n) is 6.46. The lowest BCUT2D eigenvalue weighted by atomic mass is 9.79. The molecule has 1 fully saturated rings. The van der Waals surface area contributed by atoms with Crippen LogP contribution in [0.3, 0.4) is 0 Å². The first-order valence-corrected chi connectivity index (χ1v) is 8.39. The first kappa shape index (κ1) is 17.4. The summed E-state index contributed by atoms with van der Waals surface area (Å²) in [5.41, 5.74) is 0.117. The number of piperidine rings is 1. The van der Waals surface area contributed by atoms with Crippen LogP contribution in [-0.4, -0.2) is 44.2 Å². The SMILES string of the molecule is COCC1(CNC(=O)c2ccc(-c3ccco3)[nH]c2=O)CCNCC1. The number of nitrogens with one attached hydrogen (secondary N) is 3. The molecular formula is C18H23N3O4. The number of H-pyrrole nitrogens is 1. The summed E-state index contributed by atoms with van der Waals surface area (Å²) in [5, 5.41) is 6.21. The Morgan fingerprint density at radius 2 is 2.12 bits per heavy atom. The van der Waals surface area contributed by atoms with Crippen molar-refractivity contribution in [2.75, 3.05) is 33.4 Å². The van der Waals surface area contributed by atoms with Crippen LogP contribution in [0.5, 0.6) is 0 Å². The van der Waals surface area contributed by atoms with E-state index >= 15 is 0 Å². The smallest absolute Gasteiger partial charge is 0.261 e. The second kappa shape index (κ2) is 7.67. The largest absolute Gasteiger partial charge is 0.463 e. The maximum absolute atomic E-state index is 12.4. The van der Waals surface area contributed by atoms with Gasteiger partial charge >= 0.3 is 0 Å². The Morgan fingerprint density at radius 1 is 1.32 bits per heavy atom. The van der Waals surface area contributed by atoms with Crippen LogP contribution in [0, 0.1) is 5.41 Å². The van der Waals surface area contributed by atoms with E-state index in [0.29, 0.717) is 24.6 Å². The Hall–Kier alpha value is -2.38. The minimum absolute atomic E-state index is 0.0868. The highest BCUT2D eigenvalue weighted by atomic mass is 16.5. The monoisotopic (exact) mass is 345 g/mol. The maximum Gasteiger partial charge on any atom is 0.261 e. The average molecular weight is 345 g/mol. The minimum Gasteiger partial charge on any atom is -0.463 e. The first-order chi connectivity index (χ1) is 12.1. The molecule has 7 heteroatoms. The molecule has 25 heavy (non-hydrogen) atoms. The van der Waals surface area contributed by atoms with Gasteiger partial charge in [-0.05, 0) is 50.2 Å². The number of amides is 1. The van der Waals surface area contributed by atoms with E-state index in [-0.39, 0.29) is 16.9 Å². The lowest BCUT2D eigenvalue weighted by Crippen LogP contribution is -2.47. The van der Waals surface area contributed by atoms with E-state index in [4.69, 9.17) is 9.15 Å². The van der Waals surface area contributed by atoms with Crippen LogP contribution >= 0.6 is 0 Å². The Labute approximate surface area is 145 Å². The zero-order valence-electron chi connectivity index (χ0n) is 14.3. The fraction of sp³-hybridized carbons (Fsp3) is 0.444. The molecule has 0 unspecified atom stereocenters. The number of carbonyl (C=O) groups is 1. The topological polar surface area (TPSA) is 96.4 Å². The van der Waals surface area contributed by atoms with Gasteiger partial charge in [0.2, 0.25) is 0 Å². The van der Waals surface area contributed by atoms with Crippen LogP contribution in [0.1, 0.15) is 23.2 Å². The van der Waals surface area contributed by atoms with Crippen molar-refractivity contribution in [1.29, 1.82) is 0 Å². The number of hydrogen-bond acceptors (Lipinski definition) is 5. The molecule has 0 radical (unpaired) electrons. The Bertz CT molecular complexity index is 755. The van der Waals surface area contributed by atoms with Gasteiger partial charge < -0.3 is 24.8 Å². The molecule has 7 nitrogen and oxygen atoms in total. The van der Waals surface area contributed by atoms with Gasteiger partial charge in [-0.2, -0.15) is 0 Å². The normalized spacial score (nSPS) is 16.5. The number of hydrogen-bond donors (Lipinski definition) is 3. The summed E-state index contributed by atoms with van der Waals surface area (Å²) in [5.74, 6) is 0.180. The number of ether oxygens (including phenoxy) is 1. The third-order valence-electron chi connectivity index (χ3n) is 4.68. The summed E-state index contributed by atoms with van der Waals surface area (Å²) >= 11 is 0. The van der Waals surface area contributed by atoms with Crippen molar-refractivity contribution in [2.24, 2.45) is 5.41 Å². The molecule has 0 atom stereocenters. The molecule has 2 aromatic rings. The standard InChI is InChI=1S/C18H23N3O4/c1-24-12-18(6-8-19-9-7-18)11-20-16(22)13-4-5-14(21-17(13)23)15-3-2-10-25-15/h2-5,10,19H,6-9,11-12H2,1H3,(H,20,22)(H,21,23). The fourth-order valence-electron chi connectivity index (χ4n) is 3.23. The molecule has 3 rings (SSSR count). The zero-order chi connectivity index (χ0) is 17.7. The van der Waals surface area contributed by atoms with Crippen LogP contribution < -0.4 is 16.2 Å². The molecule has 1 amide bonds. The average Bonchev–Trinajstić information content (AvgIpc) is 3.15. The lowest BCUT2D eigenvalue weighted by molar-refractivity contribution is 0.0511. The van der Waals surface area contributed by atoms with Crippen molar-refractivity contribution in [2.45, 2.75) is 12.8 Å². The summed E-state index contributed by atoms with van der Waals surface area (Å²) in [6, 6.07) is 6.68. The highest BCUT2D eigenvalue weighted by Crippen LogP contribution is 2.28. The number of carbonyl (C=O) groups excluding carboxylic acids is 1. The van der Waals surface area contributed by atoms with E-state index in [1.807, 2.05) is 0 Å². The summed E-state index contributed by atoms with van der Waals surface area (Å²) in [6.45, 7) is 2.87. The summed E-state index contributed by atoms with van der Waals surface area (Å²) < 4.78 is 10.6. The van der Waals surface area contributed by atoms with Gasteiger partial charge in [-0.1, -0.05) is 0 Å². The first-order valence-electron chi connectivity index (χ1n) is 8.39. The second-order valence-corrected chi connectivity index (χ2v) is 6.46. The van der Waals surface area contributed by atoms with Gasteiger partial charge in [0, 0.05) is 19.1 Å². The summed E-state index contributed by atoms with van der Waals surface area (Å²) in [4.78, 5) is 27.4. The molecule has 3 N–H and O–H groups in total. The highest BCUT2D eigenvalue weighted by Gasteiger charge is 2.32. The number of aromatic amines is 1. The quantitative estimate of drug-likeness (QED) is 0.735. The van der Waals surface area contributed by atoms with Crippen LogP contribution in [0.4, 0.5) is 0 Å². The molecule has 3 heterocycles. The molecule has 0 spiro atoms. The van der Waals surface area contributed by atoms with E-state index in [1.54, 1.807) is 25.3 Å². The summed E-state index contributed by atoms with van der Waals surface area (Å²) in [6.07, 6.45) is 3.38. The molecular weight excluding hydrogens is 322 g/mol. The van der Waals surface area contributed by atoms with Crippen molar-refractivity contribution in [3.8, 4) is 11.5 Å². The van der Waals surface area contributed by atoms with Crippen molar-refractivity contribution >= 4 is 5.91 Å². The summed E-state index contributed by atoms with van der Waals surface area (Å²) in [7, 11) is 1.67. The van der Waals surface area contributed by atoms with Crippen molar-refractivity contribution in [1.82, 2.24) is 15.6 Å². The number of pyridine rings is 1. The van der Waals surface area contributed by atoms with Crippen LogP contribution in [-0.2, 0) is 4.74 Å². The molecule has 0 bridgehead atoms. The zero-order valence-corrected chi connectivity index (χ0v) is 14.3. The third-order valence-corrected chi connectivity index (χ3v) is 4.68. The van der Waals surface area contributed by atoms with Crippen LogP contribution in [0.2, 0.25) is 0 Å². The van der Waals surface area contributed by atoms with Crippen molar-refractivity contribution in [3.05, 3.63) is 46.4 Å².